The molecule has 3 heterocycles. The molecule has 9 heteroatoms. The van der Waals surface area contributed by atoms with Gasteiger partial charge in [0.15, 0.2) is 8.32 Å². The molecule has 0 aromatic heterocycles. The molecular weight excluding hydrogens is 419 g/mol. The Morgan fingerprint density at radius 2 is 1.93 bits per heavy atom. The van der Waals surface area contributed by atoms with Crippen LogP contribution >= 0.6 is 9.47 Å². The van der Waals surface area contributed by atoms with E-state index in [2.05, 4.69) is 32.6 Å². The van der Waals surface area contributed by atoms with E-state index in [0.717, 1.165) is 36.7 Å². The number of hydrogen-bond donors (Lipinski definition) is 1. The maximum atomic E-state index is 13.2. The quantitative estimate of drug-likeness (QED) is 0.326. The number of likely N-dealkylation sites (tertiary alicyclic amines) is 1. The molecule has 3 aliphatic rings. The third-order valence-electron chi connectivity index (χ3n) is 7.61. The average molecular weight is 457 g/mol. The molecule has 0 radical (unpaired) electrons. The SMILES string of the molecule is CC[Si](CC)(CC)O[C@H](C)[C@@H]1C(=O)N2C(C(=O)OP)=C(CN3CC[C@H](O)C3)[C@H](C)[C@H]12. The van der Waals surface area contributed by atoms with Crippen LogP contribution in [0, 0.1) is 11.8 Å². The van der Waals surface area contributed by atoms with Crippen molar-refractivity contribution >= 4 is 29.7 Å². The molecule has 3 rings (SSSR count). The lowest BCUT2D eigenvalue weighted by Gasteiger charge is -2.49. The van der Waals surface area contributed by atoms with Gasteiger partial charge in [-0.2, -0.15) is 0 Å². The van der Waals surface area contributed by atoms with Crippen molar-refractivity contribution in [1.82, 2.24) is 9.80 Å². The molecule has 2 fully saturated rings. The topological polar surface area (TPSA) is 79.3 Å². The molecule has 0 spiro atoms. The molecule has 0 aliphatic carbocycles. The second-order valence-electron chi connectivity index (χ2n) is 9.04. The van der Waals surface area contributed by atoms with E-state index < -0.39 is 14.3 Å². The number of aliphatic hydroxyl groups excluding tert-OH is 1. The molecule has 30 heavy (non-hydrogen) atoms. The highest BCUT2D eigenvalue weighted by molar-refractivity contribution is 7.10. The second kappa shape index (κ2) is 9.37. The van der Waals surface area contributed by atoms with Crippen molar-refractivity contribution in [2.24, 2.45) is 11.8 Å². The van der Waals surface area contributed by atoms with Gasteiger partial charge in [-0.15, -0.1) is 0 Å². The van der Waals surface area contributed by atoms with E-state index in [9.17, 15) is 14.7 Å². The highest BCUT2D eigenvalue weighted by atomic mass is 31.0. The summed E-state index contributed by atoms with van der Waals surface area (Å²) in [5.74, 6) is -0.696. The van der Waals surface area contributed by atoms with Crippen molar-refractivity contribution in [3.8, 4) is 0 Å². The Kier molecular flexibility index (Phi) is 7.45. The zero-order valence-electron chi connectivity index (χ0n) is 18.9. The van der Waals surface area contributed by atoms with Crippen molar-refractivity contribution in [1.29, 1.82) is 0 Å². The largest absolute Gasteiger partial charge is 0.447 e. The van der Waals surface area contributed by atoms with Gasteiger partial charge >= 0.3 is 5.97 Å². The summed E-state index contributed by atoms with van der Waals surface area (Å²) in [6.45, 7) is 12.7. The highest BCUT2D eigenvalue weighted by Crippen LogP contribution is 2.49. The van der Waals surface area contributed by atoms with Gasteiger partial charge in [-0.25, -0.2) is 4.79 Å². The van der Waals surface area contributed by atoms with E-state index >= 15 is 0 Å². The number of β-lactam (4-membered cyclic amide) rings is 1. The molecule has 6 atom stereocenters. The molecule has 1 N–H and O–H groups in total. The van der Waals surface area contributed by atoms with E-state index in [1.54, 1.807) is 4.90 Å². The van der Waals surface area contributed by atoms with Gasteiger partial charge in [0.1, 0.15) is 5.70 Å². The van der Waals surface area contributed by atoms with E-state index in [-0.39, 0.29) is 36.0 Å². The predicted molar refractivity (Wildman–Crippen MR) is 121 cm³/mol. The van der Waals surface area contributed by atoms with Crippen LogP contribution in [0.25, 0.3) is 0 Å². The molecule has 2 saturated heterocycles. The van der Waals surface area contributed by atoms with Crippen molar-refractivity contribution in [3.05, 3.63) is 11.3 Å². The molecule has 1 amide bonds. The number of hydrogen-bond acceptors (Lipinski definition) is 6. The normalized spacial score (nSPS) is 30.5. The summed E-state index contributed by atoms with van der Waals surface area (Å²) in [6.07, 6.45) is 0.256. The molecule has 0 aromatic carbocycles. The Morgan fingerprint density at radius 1 is 1.30 bits per heavy atom. The number of carbonyl (C=O) groups is 2. The number of aliphatic hydroxyl groups is 1. The summed E-state index contributed by atoms with van der Waals surface area (Å²) in [7, 11) is 0.167. The number of β-amino-alcohol motifs (C(OH)–C–C–N with tert-alkyl or cyclic N) is 1. The maximum Gasteiger partial charge on any atom is 0.357 e. The van der Waals surface area contributed by atoms with Gasteiger partial charge in [-0.3, -0.25) is 9.69 Å². The molecule has 0 bridgehead atoms. The molecule has 170 valence electrons. The zero-order valence-corrected chi connectivity index (χ0v) is 21.0. The Labute approximate surface area is 183 Å². The first-order valence-electron chi connectivity index (χ1n) is 11.3. The minimum absolute atomic E-state index is 0.0348. The molecule has 7 nitrogen and oxygen atoms in total. The number of nitrogens with zero attached hydrogens (tertiary/aromatic N) is 2. The van der Waals surface area contributed by atoms with Crippen LogP contribution in [0.4, 0.5) is 0 Å². The summed E-state index contributed by atoms with van der Waals surface area (Å²) >= 11 is 0. The number of fused-ring (bicyclic) bond motifs is 1. The standard InChI is InChI=1S/C21H37N2O5PSi/c1-6-30(7-2,8-3)28-14(5)17-18-13(4)16(12-22-10-9-15(24)11-22)19(21(26)27-29)23(18)20(17)25/h13-15,17-18,24H,6-12,29H2,1-5H3/t13-,14+,15-,17-,18+/m0/s1. The first kappa shape index (κ1) is 23.9. The van der Waals surface area contributed by atoms with Crippen LogP contribution in [-0.2, 0) is 18.5 Å². The lowest BCUT2D eigenvalue weighted by Crippen LogP contribution is -2.65. The van der Waals surface area contributed by atoms with Crippen LogP contribution in [0.2, 0.25) is 18.1 Å². The number of amides is 1. The van der Waals surface area contributed by atoms with E-state index in [0.29, 0.717) is 18.8 Å². The first-order chi connectivity index (χ1) is 14.2. The average Bonchev–Trinajstić information content (AvgIpc) is 3.25. The van der Waals surface area contributed by atoms with Gasteiger partial charge in [0.2, 0.25) is 5.91 Å². The molecule has 3 aliphatic heterocycles. The minimum Gasteiger partial charge on any atom is -0.447 e. The first-order valence-corrected chi connectivity index (χ1v) is 14.3. The van der Waals surface area contributed by atoms with Crippen molar-refractivity contribution in [2.45, 2.75) is 77.4 Å². The molecule has 0 saturated carbocycles. The van der Waals surface area contributed by atoms with Crippen LogP contribution in [0.3, 0.4) is 0 Å². The smallest absolute Gasteiger partial charge is 0.357 e. The van der Waals surface area contributed by atoms with Gasteiger partial charge in [0.05, 0.1) is 33.6 Å². The summed E-state index contributed by atoms with van der Waals surface area (Å²) in [5.41, 5.74) is 1.33. The molecular formula is C21H37N2O5PSi. The van der Waals surface area contributed by atoms with Gasteiger partial charge in [-0.05, 0) is 37.0 Å². The Bertz CT molecular complexity index is 705. The summed E-state index contributed by atoms with van der Waals surface area (Å²) in [4.78, 5) is 29.6. The fourth-order valence-corrected chi connectivity index (χ4v) is 8.60. The van der Waals surface area contributed by atoms with E-state index in [1.165, 1.54) is 0 Å². The zero-order chi connectivity index (χ0) is 22.2. The Hall–Kier alpha value is -0.793. The van der Waals surface area contributed by atoms with Crippen LogP contribution in [0.15, 0.2) is 11.3 Å². The molecule has 1 unspecified atom stereocenters. The lowest BCUT2D eigenvalue weighted by atomic mass is 9.77. The van der Waals surface area contributed by atoms with Crippen molar-refractivity contribution in [3.63, 3.8) is 0 Å². The maximum absolute atomic E-state index is 13.2. The highest BCUT2D eigenvalue weighted by Gasteiger charge is 2.61. The summed E-state index contributed by atoms with van der Waals surface area (Å²) in [5, 5.41) is 9.88. The Balaban J connectivity index is 1.82. The second-order valence-corrected chi connectivity index (χ2v) is 14.0. The van der Waals surface area contributed by atoms with Crippen LogP contribution in [-0.4, -0.2) is 73.0 Å². The monoisotopic (exact) mass is 456 g/mol. The fraction of sp³-hybridized carbons (Fsp3) is 0.810. The summed E-state index contributed by atoms with van der Waals surface area (Å²) < 4.78 is 11.6. The third-order valence-corrected chi connectivity index (χ3v) is 12.6. The lowest BCUT2D eigenvalue weighted by molar-refractivity contribution is -0.161. The predicted octanol–water partition coefficient (Wildman–Crippen LogP) is 2.53. The number of rotatable bonds is 9. The van der Waals surface area contributed by atoms with Gasteiger partial charge in [-0.1, -0.05) is 27.7 Å². The van der Waals surface area contributed by atoms with Crippen molar-refractivity contribution in [2.75, 3.05) is 19.6 Å². The molecule has 0 aromatic rings. The van der Waals surface area contributed by atoms with E-state index in [4.69, 9.17) is 8.95 Å². The Morgan fingerprint density at radius 3 is 2.43 bits per heavy atom. The van der Waals surface area contributed by atoms with Gasteiger partial charge in [0, 0.05) is 25.6 Å². The van der Waals surface area contributed by atoms with Crippen LogP contribution in [0.5, 0.6) is 0 Å². The van der Waals surface area contributed by atoms with Gasteiger partial charge < -0.3 is 19.0 Å². The van der Waals surface area contributed by atoms with Crippen molar-refractivity contribution < 1.29 is 23.6 Å². The third kappa shape index (κ3) is 4.02. The van der Waals surface area contributed by atoms with Crippen LogP contribution in [0.1, 0.15) is 41.0 Å². The van der Waals surface area contributed by atoms with Gasteiger partial charge in [0.25, 0.3) is 0 Å². The number of carbonyl (C=O) groups excluding carboxylic acids is 2. The van der Waals surface area contributed by atoms with E-state index in [1.807, 2.05) is 16.4 Å². The fourth-order valence-electron chi connectivity index (χ4n) is 5.55. The summed E-state index contributed by atoms with van der Waals surface area (Å²) in [6, 6.07) is 3.06. The van der Waals surface area contributed by atoms with Crippen LogP contribution < -0.4 is 0 Å². The minimum atomic E-state index is -1.84.